The van der Waals surface area contributed by atoms with Crippen LogP contribution in [0.1, 0.15) is 20.9 Å². The number of carbonyl (C=O) groups is 1. The van der Waals surface area contributed by atoms with Gasteiger partial charge in [0.15, 0.2) is 0 Å². The molecule has 0 amide bonds. The molecule has 0 spiro atoms. The quantitative estimate of drug-likeness (QED) is 0.419. The van der Waals surface area contributed by atoms with Crippen LogP contribution < -0.4 is 0 Å². The van der Waals surface area contributed by atoms with E-state index in [2.05, 4.69) is 4.98 Å². The molecule has 0 atom stereocenters. The van der Waals surface area contributed by atoms with E-state index in [1.165, 1.54) is 11.3 Å². The second-order valence-electron chi connectivity index (χ2n) is 4.81. The SMILES string of the molecule is Cc1[nH]c2ccccc2c1C(=O)/C(C#N)=C/c1ccc(Cl)s1. The van der Waals surface area contributed by atoms with Crippen LogP contribution in [0.5, 0.6) is 0 Å². The van der Waals surface area contributed by atoms with Crippen LogP contribution in [0.2, 0.25) is 4.34 Å². The lowest BCUT2D eigenvalue weighted by Gasteiger charge is -1.99. The van der Waals surface area contributed by atoms with Gasteiger partial charge in [-0.2, -0.15) is 5.26 Å². The molecule has 0 unspecified atom stereocenters. The maximum absolute atomic E-state index is 12.7. The van der Waals surface area contributed by atoms with Crippen molar-refractivity contribution in [2.24, 2.45) is 0 Å². The van der Waals surface area contributed by atoms with Crippen molar-refractivity contribution in [3.63, 3.8) is 0 Å². The Balaban J connectivity index is 2.10. The first-order valence-electron chi connectivity index (χ1n) is 6.59. The van der Waals surface area contributed by atoms with E-state index in [9.17, 15) is 10.1 Å². The molecule has 108 valence electrons. The average Bonchev–Trinajstić information content (AvgIpc) is 3.06. The first-order valence-corrected chi connectivity index (χ1v) is 7.78. The highest BCUT2D eigenvalue weighted by molar-refractivity contribution is 7.17. The molecule has 0 saturated heterocycles. The van der Waals surface area contributed by atoms with Crippen molar-refractivity contribution in [1.82, 2.24) is 4.98 Å². The van der Waals surface area contributed by atoms with Gasteiger partial charge in [0.05, 0.1) is 9.90 Å². The zero-order valence-electron chi connectivity index (χ0n) is 11.7. The highest BCUT2D eigenvalue weighted by Crippen LogP contribution is 2.27. The van der Waals surface area contributed by atoms with Crippen molar-refractivity contribution < 1.29 is 4.79 Å². The summed E-state index contributed by atoms with van der Waals surface area (Å²) in [6.07, 6.45) is 1.58. The number of allylic oxidation sites excluding steroid dienone is 1. The van der Waals surface area contributed by atoms with Crippen LogP contribution in [0.15, 0.2) is 42.0 Å². The molecule has 2 aromatic heterocycles. The molecule has 22 heavy (non-hydrogen) atoms. The highest BCUT2D eigenvalue weighted by atomic mass is 35.5. The molecule has 5 heteroatoms. The van der Waals surface area contributed by atoms with Crippen LogP contribution in [-0.2, 0) is 0 Å². The van der Waals surface area contributed by atoms with E-state index in [-0.39, 0.29) is 11.4 Å². The Labute approximate surface area is 136 Å². The second-order valence-corrected chi connectivity index (χ2v) is 6.56. The highest BCUT2D eigenvalue weighted by Gasteiger charge is 2.19. The van der Waals surface area contributed by atoms with Gasteiger partial charge >= 0.3 is 0 Å². The van der Waals surface area contributed by atoms with Crippen LogP contribution in [-0.4, -0.2) is 10.8 Å². The maximum Gasteiger partial charge on any atom is 0.206 e. The predicted molar refractivity (Wildman–Crippen MR) is 90.3 cm³/mol. The fourth-order valence-corrected chi connectivity index (χ4v) is 3.40. The number of benzene rings is 1. The molecule has 3 nitrogen and oxygen atoms in total. The largest absolute Gasteiger partial charge is 0.358 e. The Hall–Kier alpha value is -2.35. The lowest BCUT2D eigenvalue weighted by molar-refractivity contribution is 0.104. The number of carbonyl (C=O) groups excluding carboxylic acids is 1. The van der Waals surface area contributed by atoms with Crippen LogP contribution >= 0.6 is 22.9 Å². The zero-order valence-corrected chi connectivity index (χ0v) is 13.3. The van der Waals surface area contributed by atoms with E-state index >= 15 is 0 Å². The van der Waals surface area contributed by atoms with E-state index < -0.39 is 0 Å². The molecule has 1 N–H and O–H groups in total. The third kappa shape index (κ3) is 2.57. The molecule has 0 aliphatic carbocycles. The van der Waals surface area contributed by atoms with E-state index in [4.69, 9.17) is 11.6 Å². The van der Waals surface area contributed by atoms with Gasteiger partial charge in [0.2, 0.25) is 5.78 Å². The van der Waals surface area contributed by atoms with Crippen molar-refractivity contribution in [1.29, 1.82) is 5.26 Å². The molecule has 2 heterocycles. The van der Waals surface area contributed by atoms with E-state index in [0.717, 1.165) is 21.5 Å². The zero-order chi connectivity index (χ0) is 15.7. The fourth-order valence-electron chi connectivity index (χ4n) is 2.40. The molecule has 1 aromatic carbocycles. The standard InChI is InChI=1S/C17H11ClN2OS/c1-10-16(13-4-2-3-5-14(13)20-10)17(21)11(9-19)8-12-6-7-15(18)22-12/h2-8,20H,1H3/b11-8+. The molecule has 3 aromatic rings. The minimum Gasteiger partial charge on any atom is -0.358 e. The van der Waals surface area contributed by atoms with Crippen molar-refractivity contribution >= 4 is 45.7 Å². The summed E-state index contributed by atoms with van der Waals surface area (Å²) in [5.41, 5.74) is 2.30. The van der Waals surface area contributed by atoms with Gasteiger partial charge in [-0.25, -0.2) is 0 Å². The molecular formula is C17H11ClN2OS. The number of hydrogen-bond acceptors (Lipinski definition) is 3. The van der Waals surface area contributed by atoms with Gasteiger partial charge < -0.3 is 4.98 Å². The van der Waals surface area contributed by atoms with Gasteiger partial charge in [0, 0.05) is 21.5 Å². The number of fused-ring (bicyclic) bond motifs is 1. The Bertz CT molecular complexity index is 943. The molecule has 0 aliphatic rings. The number of hydrogen-bond donors (Lipinski definition) is 1. The number of nitriles is 1. The van der Waals surface area contributed by atoms with E-state index in [1.807, 2.05) is 37.3 Å². The molecule has 0 radical (unpaired) electrons. The first kappa shape index (κ1) is 14.6. The summed E-state index contributed by atoms with van der Waals surface area (Å²) >= 11 is 7.22. The first-order chi connectivity index (χ1) is 10.6. The summed E-state index contributed by atoms with van der Waals surface area (Å²) in [4.78, 5) is 16.7. The van der Waals surface area contributed by atoms with E-state index in [1.54, 1.807) is 18.2 Å². The number of rotatable bonds is 3. The number of para-hydroxylation sites is 1. The number of nitrogens with one attached hydrogen (secondary N) is 1. The Morgan fingerprint density at radius 1 is 1.32 bits per heavy atom. The molecule has 0 aliphatic heterocycles. The summed E-state index contributed by atoms with van der Waals surface area (Å²) in [6, 6.07) is 13.1. The number of thiophene rings is 1. The van der Waals surface area contributed by atoms with Crippen molar-refractivity contribution in [3.05, 3.63) is 62.4 Å². The number of nitrogens with zero attached hydrogens (tertiary/aromatic N) is 1. The number of H-pyrrole nitrogens is 1. The van der Waals surface area contributed by atoms with Gasteiger partial charge in [0.1, 0.15) is 11.6 Å². The summed E-state index contributed by atoms with van der Waals surface area (Å²) in [6.45, 7) is 1.84. The number of aromatic nitrogens is 1. The molecule has 0 saturated carbocycles. The average molecular weight is 327 g/mol. The number of halogens is 1. The third-order valence-corrected chi connectivity index (χ3v) is 4.54. The van der Waals surface area contributed by atoms with Crippen LogP contribution in [0.25, 0.3) is 17.0 Å². The summed E-state index contributed by atoms with van der Waals surface area (Å²) in [5, 5.41) is 10.2. The Kier molecular flexibility index (Phi) is 3.84. The summed E-state index contributed by atoms with van der Waals surface area (Å²) in [7, 11) is 0. The second kappa shape index (κ2) is 5.80. The number of ketones is 1. The van der Waals surface area contributed by atoms with Crippen molar-refractivity contribution in [2.75, 3.05) is 0 Å². The third-order valence-electron chi connectivity index (χ3n) is 3.37. The van der Waals surface area contributed by atoms with Crippen molar-refractivity contribution in [2.45, 2.75) is 6.92 Å². The molecule has 0 bridgehead atoms. The lowest BCUT2D eigenvalue weighted by Crippen LogP contribution is -2.03. The monoisotopic (exact) mass is 326 g/mol. The van der Waals surface area contributed by atoms with Gasteiger partial charge in [-0.3, -0.25) is 4.79 Å². The number of Topliss-reactive ketones (excluding diaryl/α,β-unsaturated/α-hetero) is 1. The smallest absolute Gasteiger partial charge is 0.206 e. The summed E-state index contributed by atoms with van der Waals surface area (Å²) < 4.78 is 0.624. The minimum atomic E-state index is -0.276. The van der Waals surface area contributed by atoms with Gasteiger partial charge in [-0.05, 0) is 31.2 Å². The lowest BCUT2D eigenvalue weighted by atomic mass is 10.0. The van der Waals surface area contributed by atoms with Crippen molar-refractivity contribution in [3.8, 4) is 6.07 Å². The van der Waals surface area contributed by atoms with Gasteiger partial charge in [-0.15, -0.1) is 11.3 Å². The number of aryl methyl sites for hydroxylation is 1. The predicted octanol–water partition coefficient (Wildman–Crippen LogP) is 4.98. The Morgan fingerprint density at radius 2 is 2.09 bits per heavy atom. The summed E-state index contributed by atoms with van der Waals surface area (Å²) in [5.74, 6) is -0.276. The van der Waals surface area contributed by atoms with Crippen LogP contribution in [0, 0.1) is 18.3 Å². The van der Waals surface area contributed by atoms with Gasteiger partial charge in [0.25, 0.3) is 0 Å². The molecule has 3 rings (SSSR count). The topological polar surface area (TPSA) is 56.6 Å². The van der Waals surface area contributed by atoms with Crippen LogP contribution in [0.4, 0.5) is 0 Å². The molecule has 0 fully saturated rings. The molecular weight excluding hydrogens is 316 g/mol. The Morgan fingerprint density at radius 3 is 2.77 bits per heavy atom. The van der Waals surface area contributed by atoms with Crippen LogP contribution in [0.3, 0.4) is 0 Å². The van der Waals surface area contributed by atoms with Gasteiger partial charge in [-0.1, -0.05) is 29.8 Å². The minimum absolute atomic E-state index is 0.103. The van der Waals surface area contributed by atoms with E-state index in [0.29, 0.717) is 9.90 Å². The fraction of sp³-hybridized carbons (Fsp3) is 0.0588. The maximum atomic E-state index is 12.7. The normalized spacial score (nSPS) is 11.6. The number of aromatic amines is 1.